The van der Waals surface area contributed by atoms with Gasteiger partial charge in [0.05, 0.1) is 11.0 Å². The van der Waals surface area contributed by atoms with Gasteiger partial charge in [-0.3, -0.25) is 0 Å². The first kappa shape index (κ1) is 8.07. The third kappa shape index (κ3) is 1.25. The van der Waals surface area contributed by atoms with Crippen molar-refractivity contribution in [2.45, 2.75) is 0 Å². The average Bonchev–Trinajstić information content (AvgIpc) is 2.46. The second-order valence-corrected chi connectivity index (χ2v) is 2.98. The Morgan fingerprint density at radius 3 is 3.08 bits per heavy atom. The van der Waals surface area contributed by atoms with Gasteiger partial charge in [-0.2, -0.15) is 0 Å². The highest BCUT2D eigenvalue weighted by Gasteiger charge is 2.05. The number of nitrogens with zero attached hydrogens (tertiary/aromatic N) is 1. The van der Waals surface area contributed by atoms with Gasteiger partial charge in [0, 0.05) is 23.3 Å². The molecule has 0 aromatic carbocycles. The zero-order valence-corrected chi connectivity index (χ0v) is 7.13. The average molecular weight is 196 g/mol. The molecule has 2 aromatic rings. The SMILES string of the molecule is O=C([O-])c1c[nH]c2ncc(Cl)cc12. The lowest BCUT2D eigenvalue weighted by Crippen LogP contribution is -2.21. The highest BCUT2D eigenvalue weighted by Crippen LogP contribution is 2.19. The van der Waals surface area contributed by atoms with Gasteiger partial charge >= 0.3 is 0 Å². The first-order valence-electron chi connectivity index (χ1n) is 3.52. The Labute approximate surface area is 78.2 Å². The van der Waals surface area contributed by atoms with Crippen LogP contribution in [0.1, 0.15) is 10.4 Å². The van der Waals surface area contributed by atoms with E-state index in [1.807, 2.05) is 0 Å². The summed E-state index contributed by atoms with van der Waals surface area (Å²) in [4.78, 5) is 17.2. The topological polar surface area (TPSA) is 68.8 Å². The number of aromatic carboxylic acids is 1. The fraction of sp³-hybridized carbons (Fsp3) is 0. The fourth-order valence-electron chi connectivity index (χ4n) is 1.15. The van der Waals surface area contributed by atoms with Gasteiger partial charge in [0.15, 0.2) is 0 Å². The molecule has 5 heteroatoms. The Morgan fingerprint density at radius 2 is 2.38 bits per heavy atom. The predicted molar refractivity (Wildman–Crippen MR) is 45.4 cm³/mol. The van der Waals surface area contributed by atoms with Crippen LogP contribution in [0.25, 0.3) is 11.0 Å². The molecular formula is C8H4ClN2O2-. The van der Waals surface area contributed by atoms with Crippen LogP contribution in [0.15, 0.2) is 18.5 Å². The van der Waals surface area contributed by atoms with E-state index in [9.17, 15) is 9.90 Å². The largest absolute Gasteiger partial charge is 0.545 e. The molecule has 0 amide bonds. The number of hydrogen-bond donors (Lipinski definition) is 1. The molecule has 0 saturated carbocycles. The van der Waals surface area contributed by atoms with Crippen molar-refractivity contribution in [3.8, 4) is 0 Å². The second kappa shape index (κ2) is 2.74. The lowest BCUT2D eigenvalue weighted by molar-refractivity contribution is -0.254. The Morgan fingerprint density at radius 1 is 1.62 bits per heavy atom. The van der Waals surface area contributed by atoms with Crippen molar-refractivity contribution in [3.63, 3.8) is 0 Å². The van der Waals surface area contributed by atoms with Crippen molar-refractivity contribution < 1.29 is 9.90 Å². The molecule has 0 radical (unpaired) electrons. The van der Waals surface area contributed by atoms with Crippen LogP contribution in [0.2, 0.25) is 5.02 Å². The molecule has 0 unspecified atom stereocenters. The lowest BCUT2D eigenvalue weighted by atomic mass is 10.2. The van der Waals surface area contributed by atoms with E-state index in [1.54, 1.807) is 0 Å². The number of carbonyl (C=O) groups is 1. The molecule has 0 aliphatic carbocycles. The number of carboxylic acids is 1. The van der Waals surface area contributed by atoms with Gasteiger partial charge in [0.1, 0.15) is 5.65 Å². The van der Waals surface area contributed by atoms with E-state index in [1.165, 1.54) is 18.5 Å². The second-order valence-electron chi connectivity index (χ2n) is 2.54. The third-order valence-electron chi connectivity index (χ3n) is 1.72. The van der Waals surface area contributed by atoms with Crippen molar-refractivity contribution in [2.24, 2.45) is 0 Å². The minimum Gasteiger partial charge on any atom is -0.545 e. The molecule has 0 aliphatic heterocycles. The number of H-pyrrole nitrogens is 1. The zero-order valence-electron chi connectivity index (χ0n) is 6.37. The van der Waals surface area contributed by atoms with Crippen LogP contribution in [0.4, 0.5) is 0 Å². The molecule has 2 rings (SSSR count). The summed E-state index contributed by atoms with van der Waals surface area (Å²) in [5.74, 6) is -1.24. The maximum Gasteiger partial charge on any atom is 0.138 e. The van der Waals surface area contributed by atoms with E-state index >= 15 is 0 Å². The molecule has 2 aromatic heterocycles. The van der Waals surface area contributed by atoms with Crippen LogP contribution in [0, 0.1) is 0 Å². The number of fused-ring (bicyclic) bond motifs is 1. The van der Waals surface area contributed by atoms with Gasteiger partial charge in [-0.1, -0.05) is 11.6 Å². The molecule has 0 aliphatic rings. The van der Waals surface area contributed by atoms with Crippen LogP contribution in [0.3, 0.4) is 0 Å². The third-order valence-corrected chi connectivity index (χ3v) is 1.92. The summed E-state index contributed by atoms with van der Waals surface area (Å²) >= 11 is 5.66. The summed E-state index contributed by atoms with van der Waals surface area (Å²) in [6.45, 7) is 0. The standard InChI is InChI=1S/C8H5ClN2O2/c9-4-1-5-6(8(12)13)3-11-7(5)10-2-4/h1-3H,(H,10,11)(H,12,13)/p-1. The van der Waals surface area contributed by atoms with Crippen molar-refractivity contribution in [3.05, 3.63) is 29.0 Å². The highest BCUT2D eigenvalue weighted by atomic mass is 35.5. The van der Waals surface area contributed by atoms with Gasteiger partial charge in [-0.25, -0.2) is 4.98 Å². The van der Waals surface area contributed by atoms with Crippen LogP contribution >= 0.6 is 11.6 Å². The van der Waals surface area contributed by atoms with Crippen LogP contribution in [-0.4, -0.2) is 15.9 Å². The zero-order chi connectivity index (χ0) is 9.42. The number of pyridine rings is 1. The quantitative estimate of drug-likeness (QED) is 0.724. The maximum atomic E-state index is 10.6. The fourth-order valence-corrected chi connectivity index (χ4v) is 1.30. The smallest absolute Gasteiger partial charge is 0.138 e. The van der Waals surface area contributed by atoms with Crippen molar-refractivity contribution in [1.29, 1.82) is 0 Å². The molecule has 4 nitrogen and oxygen atoms in total. The van der Waals surface area contributed by atoms with Crippen molar-refractivity contribution in [2.75, 3.05) is 0 Å². The number of hydrogen-bond acceptors (Lipinski definition) is 3. The van der Waals surface area contributed by atoms with Crippen LogP contribution in [-0.2, 0) is 0 Å². The maximum absolute atomic E-state index is 10.6. The summed E-state index contributed by atoms with van der Waals surface area (Å²) in [5, 5.41) is 11.4. The molecule has 1 N–H and O–H groups in total. The molecule has 0 spiro atoms. The first-order chi connectivity index (χ1) is 6.18. The number of aromatic nitrogens is 2. The Balaban J connectivity index is 2.79. The molecule has 0 fully saturated rings. The van der Waals surface area contributed by atoms with E-state index in [4.69, 9.17) is 11.6 Å². The highest BCUT2D eigenvalue weighted by molar-refractivity contribution is 6.31. The summed E-state index contributed by atoms with van der Waals surface area (Å²) in [6.07, 6.45) is 2.78. The lowest BCUT2D eigenvalue weighted by Gasteiger charge is -1.98. The Kier molecular flexibility index (Phi) is 1.70. The molecule has 0 atom stereocenters. The van der Waals surface area contributed by atoms with Gasteiger partial charge in [0.25, 0.3) is 0 Å². The van der Waals surface area contributed by atoms with E-state index in [0.29, 0.717) is 16.1 Å². The summed E-state index contributed by atoms with van der Waals surface area (Å²) in [7, 11) is 0. The summed E-state index contributed by atoms with van der Waals surface area (Å²) < 4.78 is 0. The van der Waals surface area contributed by atoms with Gasteiger partial charge < -0.3 is 14.9 Å². The van der Waals surface area contributed by atoms with E-state index in [2.05, 4.69) is 9.97 Å². The van der Waals surface area contributed by atoms with E-state index in [-0.39, 0.29) is 5.56 Å². The van der Waals surface area contributed by atoms with Gasteiger partial charge in [-0.15, -0.1) is 0 Å². The van der Waals surface area contributed by atoms with Crippen LogP contribution < -0.4 is 5.11 Å². The van der Waals surface area contributed by atoms with Crippen molar-refractivity contribution >= 4 is 28.6 Å². The van der Waals surface area contributed by atoms with E-state index in [0.717, 1.165) is 0 Å². The number of aromatic amines is 1. The monoisotopic (exact) mass is 195 g/mol. The molecule has 13 heavy (non-hydrogen) atoms. The number of halogens is 1. The number of nitrogens with one attached hydrogen (secondary N) is 1. The molecule has 0 saturated heterocycles. The number of carbonyl (C=O) groups excluding carboxylic acids is 1. The van der Waals surface area contributed by atoms with E-state index < -0.39 is 5.97 Å². The predicted octanol–water partition coefficient (Wildman–Crippen LogP) is 0.580. The molecule has 66 valence electrons. The Hall–Kier alpha value is -1.55. The molecule has 2 heterocycles. The summed E-state index contributed by atoms with van der Waals surface area (Å²) in [5.41, 5.74) is 0.564. The molecule has 0 bridgehead atoms. The summed E-state index contributed by atoms with van der Waals surface area (Å²) in [6, 6.07) is 1.53. The first-order valence-corrected chi connectivity index (χ1v) is 3.90. The van der Waals surface area contributed by atoms with Gasteiger partial charge in [0.2, 0.25) is 0 Å². The molecular weight excluding hydrogens is 192 g/mol. The Bertz CT molecular complexity index is 478. The normalized spacial score (nSPS) is 10.5. The van der Waals surface area contributed by atoms with Crippen LogP contribution in [0.5, 0.6) is 0 Å². The number of carboxylic acid groups (broad SMARTS) is 1. The van der Waals surface area contributed by atoms with Crippen molar-refractivity contribution in [1.82, 2.24) is 9.97 Å². The minimum atomic E-state index is -1.24. The minimum absolute atomic E-state index is 0.0741. The number of rotatable bonds is 1. The van der Waals surface area contributed by atoms with Gasteiger partial charge in [-0.05, 0) is 6.07 Å².